The lowest BCUT2D eigenvalue weighted by Crippen LogP contribution is -2.27. The Morgan fingerprint density at radius 2 is 1.55 bits per heavy atom. The third kappa shape index (κ3) is 1.80. The molecule has 2 saturated carbocycles. The minimum atomic E-state index is 0.849. The standard InChI is InChI=1S/C10H17Br/c11-10-6-5-8-3-1-2-4-9(8)7-10/h8-10H,1-7H2/t8-,9+,10+/m0/s1. The van der Waals surface area contributed by atoms with E-state index in [4.69, 9.17) is 0 Å². The Hall–Kier alpha value is 0.480. The quantitative estimate of drug-likeness (QED) is 0.542. The maximum atomic E-state index is 3.75. The average molecular weight is 217 g/mol. The third-order valence-electron chi connectivity index (χ3n) is 3.48. The molecule has 0 unspecified atom stereocenters. The van der Waals surface area contributed by atoms with Crippen molar-refractivity contribution in [2.75, 3.05) is 0 Å². The molecular weight excluding hydrogens is 200 g/mol. The maximum Gasteiger partial charge on any atom is 0.0148 e. The Labute approximate surface area is 77.9 Å². The van der Waals surface area contributed by atoms with Gasteiger partial charge in [-0.1, -0.05) is 41.6 Å². The molecule has 2 rings (SSSR count). The molecule has 64 valence electrons. The summed E-state index contributed by atoms with van der Waals surface area (Å²) in [6.07, 6.45) is 10.5. The van der Waals surface area contributed by atoms with Crippen molar-refractivity contribution in [1.82, 2.24) is 0 Å². The zero-order chi connectivity index (χ0) is 7.68. The number of hydrogen-bond acceptors (Lipinski definition) is 0. The molecule has 2 aliphatic rings. The average Bonchev–Trinajstić information content (AvgIpc) is 2.04. The summed E-state index contributed by atoms with van der Waals surface area (Å²) in [6, 6.07) is 0. The van der Waals surface area contributed by atoms with E-state index in [0.717, 1.165) is 16.7 Å². The second-order valence-electron chi connectivity index (χ2n) is 4.21. The predicted octanol–water partition coefficient (Wildman–Crippen LogP) is 3.74. The number of hydrogen-bond donors (Lipinski definition) is 0. The number of alkyl halides is 1. The van der Waals surface area contributed by atoms with Gasteiger partial charge in [0, 0.05) is 4.83 Å². The van der Waals surface area contributed by atoms with Crippen LogP contribution in [-0.4, -0.2) is 4.83 Å². The van der Waals surface area contributed by atoms with Crippen molar-refractivity contribution >= 4 is 15.9 Å². The number of rotatable bonds is 0. The minimum absolute atomic E-state index is 0.849. The zero-order valence-corrected chi connectivity index (χ0v) is 8.65. The van der Waals surface area contributed by atoms with Gasteiger partial charge < -0.3 is 0 Å². The van der Waals surface area contributed by atoms with Gasteiger partial charge in [-0.3, -0.25) is 0 Å². The highest BCUT2D eigenvalue weighted by molar-refractivity contribution is 9.09. The van der Waals surface area contributed by atoms with Gasteiger partial charge in [-0.15, -0.1) is 0 Å². The topological polar surface area (TPSA) is 0 Å². The van der Waals surface area contributed by atoms with Crippen molar-refractivity contribution in [3.63, 3.8) is 0 Å². The van der Waals surface area contributed by atoms with Crippen LogP contribution in [0.25, 0.3) is 0 Å². The van der Waals surface area contributed by atoms with E-state index < -0.39 is 0 Å². The molecule has 11 heavy (non-hydrogen) atoms. The summed E-state index contributed by atoms with van der Waals surface area (Å²) in [6.45, 7) is 0. The van der Waals surface area contributed by atoms with Gasteiger partial charge >= 0.3 is 0 Å². The molecule has 0 aromatic carbocycles. The highest BCUT2D eigenvalue weighted by Crippen LogP contribution is 2.42. The Kier molecular flexibility index (Phi) is 2.55. The van der Waals surface area contributed by atoms with Gasteiger partial charge in [0.05, 0.1) is 0 Å². The van der Waals surface area contributed by atoms with Crippen molar-refractivity contribution < 1.29 is 0 Å². The number of halogens is 1. The third-order valence-corrected chi connectivity index (χ3v) is 4.31. The summed E-state index contributed by atoms with van der Waals surface area (Å²) in [5, 5.41) is 0. The van der Waals surface area contributed by atoms with Crippen LogP contribution in [0.15, 0.2) is 0 Å². The second kappa shape index (κ2) is 3.47. The van der Waals surface area contributed by atoms with E-state index in [2.05, 4.69) is 15.9 Å². The Morgan fingerprint density at radius 1 is 0.818 bits per heavy atom. The van der Waals surface area contributed by atoms with E-state index in [1.807, 2.05) is 0 Å². The van der Waals surface area contributed by atoms with Crippen LogP contribution < -0.4 is 0 Å². The van der Waals surface area contributed by atoms with Crippen LogP contribution in [0.1, 0.15) is 44.9 Å². The summed E-state index contributed by atoms with van der Waals surface area (Å²) in [5.74, 6) is 2.19. The van der Waals surface area contributed by atoms with Crippen LogP contribution in [0.3, 0.4) is 0 Å². The molecule has 0 radical (unpaired) electrons. The second-order valence-corrected chi connectivity index (χ2v) is 5.51. The molecule has 2 fully saturated rings. The van der Waals surface area contributed by atoms with Crippen LogP contribution >= 0.6 is 15.9 Å². The summed E-state index contributed by atoms with van der Waals surface area (Å²) in [7, 11) is 0. The fraction of sp³-hybridized carbons (Fsp3) is 1.00. The van der Waals surface area contributed by atoms with Gasteiger partial charge in [0.25, 0.3) is 0 Å². The van der Waals surface area contributed by atoms with Gasteiger partial charge in [0.2, 0.25) is 0 Å². The highest BCUT2D eigenvalue weighted by Gasteiger charge is 2.30. The first-order chi connectivity index (χ1) is 5.36. The van der Waals surface area contributed by atoms with Crippen LogP contribution in [0.4, 0.5) is 0 Å². The summed E-state index contributed by atoms with van der Waals surface area (Å²) in [5.41, 5.74) is 0. The van der Waals surface area contributed by atoms with Crippen molar-refractivity contribution in [2.45, 2.75) is 49.8 Å². The lowest BCUT2D eigenvalue weighted by Gasteiger charge is -2.37. The predicted molar refractivity (Wildman–Crippen MR) is 52.0 cm³/mol. The molecule has 0 aliphatic heterocycles. The molecule has 0 spiro atoms. The highest BCUT2D eigenvalue weighted by atomic mass is 79.9. The first-order valence-electron chi connectivity index (χ1n) is 5.00. The van der Waals surface area contributed by atoms with Gasteiger partial charge in [-0.2, -0.15) is 0 Å². The van der Waals surface area contributed by atoms with Gasteiger partial charge in [-0.05, 0) is 31.1 Å². The van der Waals surface area contributed by atoms with Crippen LogP contribution in [0.2, 0.25) is 0 Å². The molecule has 0 saturated heterocycles. The summed E-state index contributed by atoms with van der Waals surface area (Å²) < 4.78 is 0. The van der Waals surface area contributed by atoms with Gasteiger partial charge in [-0.25, -0.2) is 0 Å². The van der Waals surface area contributed by atoms with E-state index in [9.17, 15) is 0 Å². The summed E-state index contributed by atoms with van der Waals surface area (Å²) in [4.78, 5) is 0.849. The van der Waals surface area contributed by atoms with E-state index in [1.165, 1.54) is 44.9 Å². The molecule has 1 heteroatoms. The van der Waals surface area contributed by atoms with E-state index in [-0.39, 0.29) is 0 Å². The smallest absolute Gasteiger partial charge is 0.0148 e. The first kappa shape index (κ1) is 8.10. The molecule has 3 atom stereocenters. The normalized spacial score (nSPS) is 45.0. The maximum absolute atomic E-state index is 3.75. The Morgan fingerprint density at radius 3 is 2.36 bits per heavy atom. The molecule has 2 aliphatic carbocycles. The summed E-state index contributed by atoms with van der Waals surface area (Å²) >= 11 is 3.75. The first-order valence-corrected chi connectivity index (χ1v) is 5.92. The van der Waals surface area contributed by atoms with Crippen molar-refractivity contribution in [3.8, 4) is 0 Å². The largest absolute Gasteiger partial charge is 0.0891 e. The zero-order valence-electron chi connectivity index (χ0n) is 7.06. The van der Waals surface area contributed by atoms with E-state index >= 15 is 0 Å². The fourth-order valence-electron chi connectivity index (χ4n) is 2.82. The fourth-order valence-corrected chi connectivity index (χ4v) is 3.56. The molecule has 0 bridgehead atoms. The Balaban J connectivity index is 1.93. The van der Waals surface area contributed by atoms with Crippen molar-refractivity contribution in [3.05, 3.63) is 0 Å². The molecule has 0 nitrogen and oxygen atoms in total. The van der Waals surface area contributed by atoms with Crippen molar-refractivity contribution in [1.29, 1.82) is 0 Å². The van der Waals surface area contributed by atoms with Crippen LogP contribution in [0, 0.1) is 11.8 Å². The van der Waals surface area contributed by atoms with E-state index in [0.29, 0.717) is 0 Å². The molecule has 0 N–H and O–H groups in total. The molecule has 0 aromatic heterocycles. The lowest BCUT2D eigenvalue weighted by atomic mass is 9.71. The van der Waals surface area contributed by atoms with Gasteiger partial charge in [0.15, 0.2) is 0 Å². The molecule has 0 amide bonds. The minimum Gasteiger partial charge on any atom is -0.0891 e. The monoisotopic (exact) mass is 216 g/mol. The lowest BCUT2D eigenvalue weighted by molar-refractivity contribution is 0.176. The van der Waals surface area contributed by atoms with E-state index in [1.54, 1.807) is 0 Å². The SMILES string of the molecule is Br[C@@H]1CC[C@@H]2CCCC[C@@H]2C1. The van der Waals surface area contributed by atoms with Crippen molar-refractivity contribution in [2.24, 2.45) is 11.8 Å². The van der Waals surface area contributed by atoms with Crippen LogP contribution in [0.5, 0.6) is 0 Å². The van der Waals surface area contributed by atoms with Crippen LogP contribution in [-0.2, 0) is 0 Å². The Bertz CT molecular complexity index is 133. The molecular formula is C10H17Br. The van der Waals surface area contributed by atoms with Gasteiger partial charge in [0.1, 0.15) is 0 Å². The molecule has 0 aromatic rings. The number of fused-ring (bicyclic) bond motifs is 1. The molecule has 0 heterocycles.